The molecule has 1 aromatic rings. The molecular formula is C16H25P. The molecule has 17 heavy (non-hydrogen) atoms. The Morgan fingerprint density at radius 2 is 1.65 bits per heavy atom. The van der Waals surface area contributed by atoms with Gasteiger partial charge in [0.1, 0.15) is 0 Å². The molecule has 0 saturated heterocycles. The lowest BCUT2D eigenvalue weighted by molar-refractivity contribution is 0.450. The summed E-state index contributed by atoms with van der Waals surface area (Å²) in [6.07, 6.45) is 2.50. The van der Waals surface area contributed by atoms with Crippen molar-refractivity contribution in [2.24, 2.45) is 11.8 Å². The normalized spacial score (nSPS) is 14.6. The molecule has 0 aliphatic rings. The Kier molecular flexibility index (Phi) is 5.92. The molecule has 1 heteroatoms. The Balaban J connectivity index is 2.64. The number of hydrogen-bond donors (Lipinski definition) is 0. The Morgan fingerprint density at radius 1 is 1.06 bits per heavy atom. The first-order chi connectivity index (χ1) is 8.00. The quantitative estimate of drug-likeness (QED) is 0.609. The van der Waals surface area contributed by atoms with Crippen molar-refractivity contribution in [3.8, 4) is 0 Å². The largest absolute Gasteiger partial charge is 0.123 e. The van der Waals surface area contributed by atoms with Crippen molar-refractivity contribution >= 4 is 14.2 Å². The van der Waals surface area contributed by atoms with Crippen molar-refractivity contribution in [2.75, 3.05) is 0 Å². The highest BCUT2D eigenvalue weighted by molar-refractivity contribution is 7.21. The van der Waals surface area contributed by atoms with E-state index in [1.54, 1.807) is 0 Å². The van der Waals surface area contributed by atoms with E-state index in [0.717, 1.165) is 5.92 Å². The fourth-order valence-electron chi connectivity index (χ4n) is 2.36. The monoisotopic (exact) mass is 248 g/mol. The van der Waals surface area contributed by atoms with E-state index in [9.17, 15) is 0 Å². The summed E-state index contributed by atoms with van der Waals surface area (Å²) in [4.78, 5) is 0. The third kappa shape index (κ3) is 5.04. The predicted octanol–water partition coefficient (Wildman–Crippen LogP) is 5.18. The molecule has 0 aromatic heterocycles. The van der Waals surface area contributed by atoms with Crippen molar-refractivity contribution in [1.82, 2.24) is 0 Å². The first-order valence-electron chi connectivity index (χ1n) is 6.60. The lowest BCUT2D eigenvalue weighted by atomic mass is 9.84. The van der Waals surface area contributed by atoms with Crippen LogP contribution in [0.3, 0.4) is 0 Å². The third-order valence-corrected chi connectivity index (χ3v) is 3.78. The first kappa shape index (κ1) is 14.5. The molecule has 0 heterocycles. The van der Waals surface area contributed by atoms with E-state index in [-0.39, 0.29) is 0 Å². The molecule has 0 bridgehead atoms. The lowest BCUT2D eigenvalue weighted by Gasteiger charge is -2.23. The topological polar surface area (TPSA) is 0 Å². The van der Waals surface area contributed by atoms with Crippen LogP contribution in [0.4, 0.5) is 0 Å². The fourth-order valence-corrected chi connectivity index (χ4v) is 2.60. The molecule has 0 aliphatic heterocycles. The lowest BCUT2D eigenvalue weighted by Crippen LogP contribution is -2.14. The molecule has 0 radical (unpaired) electrons. The van der Waals surface area contributed by atoms with Gasteiger partial charge >= 0.3 is 0 Å². The van der Waals surface area contributed by atoms with Gasteiger partial charge in [0.2, 0.25) is 0 Å². The maximum absolute atomic E-state index is 3.74. The minimum absolute atomic E-state index is 0.631. The maximum atomic E-state index is 3.74. The van der Waals surface area contributed by atoms with Crippen LogP contribution in [0.25, 0.3) is 0 Å². The molecule has 2 atom stereocenters. The third-order valence-electron chi connectivity index (χ3n) is 3.37. The minimum atomic E-state index is 0.631. The molecule has 0 spiro atoms. The Labute approximate surface area is 109 Å². The smallest absolute Gasteiger partial charge is 0.0157 e. The highest BCUT2D eigenvalue weighted by Crippen LogP contribution is 2.28. The van der Waals surface area contributed by atoms with E-state index in [4.69, 9.17) is 0 Å². The Morgan fingerprint density at radius 3 is 2.12 bits per heavy atom. The van der Waals surface area contributed by atoms with Crippen molar-refractivity contribution in [3.05, 3.63) is 35.9 Å². The van der Waals surface area contributed by atoms with E-state index >= 15 is 0 Å². The molecule has 0 aliphatic carbocycles. The zero-order chi connectivity index (χ0) is 12.8. The summed E-state index contributed by atoms with van der Waals surface area (Å²) in [7, 11) is 3.74. The van der Waals surface area contributed by atoms with Crippen LogP contribution in [-0.2, 0) is 0 Å². The number of hydrogen-bond acceptors (Lipinski definition) is 0. The summed E-state index contributed by atoms with van der Waals surface area (Å²) in [5.74, 6) is 2.07. The molecular weight excluding hydrogens is 223 g/mol. The molecule has 0 N–H and O–H groups in total. The van der Waals surface area contributed by atoms with E-state index in [0.29, 0.717) is 11.8 Å². The van der Waals surface area contributed by atoms with E-state index in [1.165, 1.54) is 23.7 Å². The van der Waals surface area contributed by atoms with Gasteiger partial charge in [0.25, 0.3) is 0 Å². The molecule has 0 saturated carbocycles. The highest BCUT2D eigenvalue weighted by atomic mass is 31.0. The zero-order valence-electron chi connectivity index (χ0n) is 11.5. The molecule has 0 amide bonds. The number of benzene rings is 1. The second kappa shape index (κ2) is 6.97. The molecule has 1 rings (SSSR count). The van der Waals surface area contributed by atoms with Gasteiger partial charge < -0.3 is 0 Å². The molecule has 2 unspecified atom stereocenters. The van der Waals surface area contributed by atoms with Crippen LogP contribution in [0.2, 0.25) is 0 Å². The van der Waals surface area contributed by atoms with Crippen LogP contribution >= 0.6 is 8.86 Å². The average Bonchev–Trinajstić information content (AvgIpc) is 2.28. The predicted molar refractivity (Wildman–Crippen MR) is 81.4 cm³/mol. The summed E-state index contributed by atoms with van der Waals surface area (Å²) in [6, 6.07) is 10.8. The van der Waals surface area contributed by atoms with Gasteiger partial charge in [-0.05, 0) is 43.1 Å². The van der Waals surface area contributed by atoms with Crippen molar-refractivity contribution in [1.29, 1.82) is 0 Å². The van der Waals surface area contributed by atoms with Gasteiger partial charge in [0.05, 0.1) is 0 Å². The molecule has 0 fully saturated rings. The van der Waals surface area contributed by atoms with E-state index in [2.05, 4.69) is 66.9 Å². The van der Waals surface area contributed by atoms with Crippen molar-refractivity contribution in [3.63, 3.8) is 0 Å². The van der Waals surface area contributed by atoms with Gasteiger partial charge in [-0.2, -0.15) is 0 Å². The standard InChI is InChI=1S/C16H25P/c1-12(2)10-16(14(4)17)11-13(3)15-8-6-5-7-9-15/h5-9,12-13,16-17H,10-11H2,1-4H3. The summed E-state index contributed by atoms with van der Waals surface area (Å²) < 4.78 is 0. The van der Waals surface area contributed by atoms with Crippen LogP contribution in [0.15, 0.2) is 30.3 Å². The van der Waals surface area contributed by atoms with Crippen molar-refractivity contribution in [2.45, 2.75) is 46.5 Å². The average molecular weight is 248 g/mol. The highest BCUT2D eigenvalue weighted by Gasteiger charge is 2.16. The Bertz CT molecular complexity index is 340. The summed E-state index contributed by atoms with van der Waals surface area (Å²) >= 11 is 0. The van der Waals surface area contributed by atoms with Crippen LogP contribution in [0.5, 0.6) is 0 Å². The maximum Gasteiger partial charge on any atom is -0.0157 e. The van der Waals surface area contributed by atoms with Gasteiger partial charge in [0.15, 0.2) is 0 Å². The molecule has 94 valence electrons. The summed E-state index contributed by atoms with van der Waals surface area (Å²) in [5, 5.41) is 1.39. The summed E-state index contributed by atoms with van der Waals surface area (Å²) in [5.41, 5.74) is 1.45. The van der Waals surface area contributed by atoms with Crippen LogP contribution < -0.4 is 0 Å². The first-order valence-corrected chi connectivity index (χ1v) is 7.10. The van der Waals surface area contributed by atoms with Crippen LogP contribution in [0.1, 0.15) is 52.0 Å². The number of rotatable bonds is 6. The second-order valence-corrected chi connectivity index (χ2v) is 6.35. The van der Waals surface area contributed by atoms with Crippen LogP contribution in [0, 0.1) is 11.8 Å². The van der Waals surface area contributed by atoms with E-state index < -0.39 is 0 Å². The van der Waals surface area contributed by atoms with E-state index in [1.807, 2.05) is 0 Å². The SMILES string of the molecule is CC(=P)C(CC(C)C)CC(C)c1ccccc1. The fraction of sp³-hybridized carbons (Fsp3) is 0.562. The van der Waals surface area contributed by atoms with Gasteiger partial charge in [0, 0.05) is 0 Å². The van der Waals surface area contributed by atoms with Gasteiger partial charge in [-0.25, -0.2) is 0 Å². The van der Waals surface area contributed by atoms with Crippen molar-refractivity contribution < 1.29 is 0 Å². The van der Waals surface area contributed by atoms with Gasteiger partial charge in [-0.15, -0.1) is 8.86 Å². The van der Waals surface area contributed by atoms with Gasteiger partial charge in [-0.1, -0.05) is 56.4 Å². The van der Waals surface area contributed by atoms with Gasteiger partial charge in [-0.3, -0.25) is 0 Å². The second-order valence-electron chi connectivity index (χ2n) is 5.56. The zero-order valence-corrected chi connectivity index (χ0v) is 12.5. The summed E-state index contributed by atoms with van der Waals surface area (Å²) in [6.45, 7) is 9.13. The molecule has 0 nitrogen and oxygen atoms in total. The molecule has 1 aromatic carbocycles. The van der Waals surface area contributed by atoms with Crippen LogP contribution in [-0.4, -0.2) is 5.29 Å². The minimum Gasteiger partial charge on any atom is -0.123 e. The Hall–Kier alpha value is -0.610.